The summed E-state index contributed by atoms with van der Waals surface area (Å²) >= 11 is 5.96. The fraction of sp³-hybridized carbons (Fsp3) is 0.333. The number of benzene rings is 2. The summed E-state index contributed by atoms with van der Waals surface area (Å²) in [6, 6.07) is 15.9. The molecular weight excluding hydrogens is 460 g/mol. The number of nitrogens with zero attached hydrogens (tertiary/aromatic N) is 5. The van der Waals surface area contributed by atoms with E-state index in [4.69, 9.17) is 16.7 Å². The number of rotatable bonds is 5. The maximum atomic E-state index is 13.0. The average molecular weight is 489 g/mol. The van der Waals surface area contributed by atoms with Gasteiger partial charge >= 0.3 is 0 Å². The molecule has 0 spiro atoms. The minimum Gasteiger partial charge on any atom is -0.352 e. The van der Waals surface area contributed by atoms with Crippen LogP contribution in [0.3, 0.4) is 0 Å². The molecule has 2 aromatic heterocycles. The third-order valence-electron chi connectivity index (χ3n) is 6.73. The number of anilines is 1. The van der Waals surface area contributed by atoms with Crippen molar-refractivity contribution in [2.75, 3.05) is 18.0 Å². The molecule has 0 bridgehead atoms. The number of hydrogen-bond donors (Lipinski definition) is 1. The van der Waals surface area contributed by atoms with Crippen LogP contribution in [0.2, 0.25) is 5.02 Å². The Kier molecular flexibility index (Phi) is 6.43. The molecule has 8 heteroatoms. The first-order valence-electron chi connectivity index (χ1n) is 12.0. The van der Waals surface area contributed by atoms with Crippen LogP contribution in [0.4, 0.5) is 5.82 Å². The monoisotopic (exact) mass is 488 g/mol. The third-order valence-corrected chi connectivity index (χ3v) is 6.99. The van der Waals surface area contributed by atoms with Gasteiger partial charge in [-0.25, -0.2) is 4.68 Å². The first kappa shape index (κ1) is 23.3. The molecule has 7 nitrogen and oxygen atoms in total. The summed E-state index contributed by atoms with van der Waals surface area (Å²) in [5.41, 5.74) is 5.96. The molecule has 180 valence electrons. The Bertz CT molecular complexity index is 1360. The van der Waals surface area contributed by atoms with Crippen LogP contribution in [0.5, 0.6) is 0 Å². The lowest BCUT2D eigenvalue weighted by atomic mass is 9.97. The maximum Gasteiger partial charge on any atom is 0.225 e. The van der Waals surface area contributed by atoms with Gasteiger partial charge in [-0.15, -0.1) is 5.10 Å². The van der Waals surface area contributed by atoms with E-state index in [-0.39, 0.29) is 11.8 Å². The van der Waals surface area contributed by atoms with E-state index in [1.165, 1.54) is 5.56 Å². The topological polar surface area (TPSA) is 75.9 Å². The highest BCUT2D eigenvalue weighted by molar-refractivity contribution is 6.30. The van der Waals surface area contributed by atoms with Crippen LogP contribution in [-0.2, 0) is 11.3 Å². The molecule has 2 aromatic carbocycles. The molecule has 1 atom stereocenters. The van der Waals surface area contributed by atoms with Crippen molar-refractivity contribution in [1.29, 1.82) is 0 Å². The molecule has 1 fully saturated rings. The Morgan fingerprint density at radius 1 is 1.06 bits per heavy atom. The van der Waals surface area contributed by atoms with E-state index >= 15 is 0 Å². The molecule has 1 amide bonds. The predicted octanol–water partition coefficient (Wildman–Crippen LogP) is 4.93. The minimum atomic E-state index is -0.116. The van der Waals surface area contributed by atoms with Gasteiger partial charge in [0.1, 0.15) is 5.52 Å². The van der Waals surface area contributed by atoms with Gasteiger partial charge in [0.05, 0.1) is 28.4 Å². The van der Waals surface area contributed by atoms with Crippen LogP contribution in [0.1, 0.15) is 35.4 Å². The number of hydrogen-bond acceptors (Lipinski definition) is 5. The Morgan fingerprint density at radius 3 is 2.54 bits per heavy atom. The summed E-state index contributed by atoms with van der Waals surface area (Å²) in [5.74, 6) is 0.687. The molecule has 3 heterocycles. The molecular formula is C27H29ClN6O. The van der Waals surface area contributed by atoms with E-state index in [2.05, 4.69) is 58.5 Å². The second-order valence-corrected chi connectivity index (χ2v) is 9.73. The summed E-state index contributed by atoms with van der Waals surface area (Å²) in [5, 5.41) is 18.8. The summed E-state index contributed by atoms with van der Waals surface area (Å²) in [4.78, 5) is 15.1. The summed E-state index contributed by atoms with van der Waals surface area (Å²) < 4.78 is 1.96. The SMILES string of the molecule is Cc1ccc(-n2nc3c(N4CCC[C@H](C(=O)NCc5ccc(Cl)cc5)C4)nnc(C)c3c2C)cc1. The molecule has 0 radical (unpaired) electrons. The van der Waals surface area contributed by atoms with Gasteiger partial charge in [-0.3, -0.25) is 4.79 Å². The second-order valence-electron chi connectivity index (χ2n) is 9.29. The predicted molar refractivity (Wildman–Crippen MR) is 139 cm³/mol. The number of carbonyl (C=O) groups is 1. The lowest BCUT2D eigenvalue weighted by Crippen LogP contribution is -2.43. The number of piperidine rings is 1. The van der Waals surface area contributed by atoms with E-state index in [0.717, 1.165) is 58.7 Å². The molecule has 1 aliphatic rings. The lowest BCUT2D eigenvalue weighted by molar-refractivity contribution is -0.125. The highest BCUT2D eigenvalue weighted by Crippen LogP contribution is 2.31. The second kappa shape index (κ2) is 9.66. The van der Waals surface area contributed by atoms with Crippen LogP contribution < -0.4 is 10.2 Å². The number of fused-ring (bicyclic) bond motifs is 1. The molecule has 0 unspecified atom stereocenters. The van der Waals surface area contributed by atoms with Crippen molar-refractivity contribution in [3.8, 4) is 5.69 Å². The number of amides is 1. The summed E-state index contributed by atoms with van der Waals surface area (Å²) in [6.07, 6.45) is 1.76. The van der Waals surface area contributed by atoms with Crippen molar-refractivity contribution in [2.45, 2.75) is 40.2 Å². The van der Waals surface area contributed by atoms with E-state index < -0.39 is 0 Å². The van der Waals surface area contributed by atoms with Crippen LogP contribution in [-0.4, -0.2) is 39.0 Å². The normalized spacial score (nSPS) is 16.0. The van der Waals surface area contributed by atoms with Gasteiger partial charge in [0.15, 0.2) is 5.82 Å². The number of aryl methyl sites for hydroxylation is 3. The quantitative estimate of drug-likeness (QED) is 0.431. The molecule has 1 N–H and O–H groups in total. The molecule has 1 aliphatic heterocycles. The Hall–Kier alpha value is -3.45. The van der Waals surface area contributed by atoms with Crippen molar-refractivity contribution in [2.24, 2.45) is 5.92 Å². The van der Waals surface area contributed by atoms with Crippen LogP contribution in [0, 0.1) is 26.7 Å². The Morgan fingerprint density at radius 2 is 1.80 bits per heavy atom. The number of halogens is 1. The van der Waals surface area contributed by atoms with Crippen LogP contribution >= 0.6 is 11.6 Å². The fourth-order valence-electron chi connectivity index (χ4n) is 4.78. The number of aromatic nitrogens is 4. The maximum absolute atomic E-state index is 13.0. The molecule has 0 aliphatic carbocycles. The Balaban J connectivity index is 1.39. The van der Waals surface area contributed by atoms with Gasteiger partial charge in [0.25, 0.3) is 0 Å². The summed E-state index contributed by atoms with van der Waals surface area (Å²) in [7, 11) is 0. The standard InChI is InChI=1S/C27H29ClN6O/c1-17-6-12-23(13-7-17)34-19(3)24-18(2)30-31-26(25(24)32-34)33-14-4-5-21(16-33)27(35)29-15-20-8-10-22(28)11-9-20/h6-13,21H,4-5,14-16H2,1-3H3,(H,29,35)/t21-/m0/s1. The zero-order valence-corrected chi connectivity index (χ0v) is 21.0. The van der Waals surface area contributed by atoms with Crippen molar-refractivity contribution in [3.63, 3.8) is 0 Å². The number of nitrogens with one attached hydrogen (secondary N) is 1. The van der Waals surface area contributed by atoms with Crippen molar-refractivity contribution in [1.82, 2.24) is 25.3 Å². The highest BCUT2D eigenvalue weighted by Gasteiger charge is 2.29. The van der Waals surface area contributed by atoms with Gasteiger partial charge in [0, 0.05) is 24.7 Å². The average Bonchev–Trinajstić information content (AvgIpc) is 3.22. The third kappa shape index (κ3) is 4.73. The molecule has 0 saturated carbocycles. The Labute approximate surface area is 210 Å². The smallest absolute Gasteiger partial charge is 0.225 e. The van der Waals surface area contributed by atoms with Crippen molar-refractivity contribution >= 4 is 34.2 Å². The fourth-order valence-corrected chi connectivity index (χ4v) is 4.91. The number of carbonyl (C=O) groups excluding carboxylic acids is 1. The van der Waals surface area contributed by atoms with E-state index in [1.54, 1.807) is 0 Å². The zero-order valence-electron chi connectivity index (χ0n) is 20.3. The van der Waals surface area contributed by atoms with Gasteiger partial charge < -0.3 is 10.2 Å². The largest absolute Gasteiger partial charge is 0.352 e. The van der Waals surface area contributed by atoms with Crippen molar-refractivity contribution in [3.05, 3.63) is 76.1 Å². The lowest BCUT2D eigenvalue weighted by Gasteiger charge is -2.32. The van der Waals surface area contributed by atoms with Gasteiger partial charge in [-0.05, 0) is 63.4 Å². The van der Waals surface area contributed by atoms with E-state index in [9.17, 15) is 4.79 Å². The molecule has 35 heavy (non-hydrogen) atoms. The highest BCUT2D eigenvalue weighted by atomic mass is 35.5. The first-order chi connectivity index (χ1) is 16.9. The van der Waals surface area contributed by atoms with Gasteiger partial charge in [-0.1, -0.05) is 41.4 Å². The van der Waals surface area contributed by atoms with Crippen molar-refractivity contribution < 1.29 is 4.79 Å². The van der Waals surface area contributed by atoms with Gasteiger partial charge in [0.2, 0.25) is 5.91 Å². The van der Waals surface area contributed by atoms with E-state index in [0.29, 0.717) is 18.1 Å². The zero-order chi connectivity index (χ0) is 24.5. The molecule has 4 aromatic rings. The van der Waals surface area contributed by atoms with Crippen LogP contribution in [0.25, 0.3) is 16.6 Å². The first-order valence-corrected chi connectivity index (χ1v) is 12.4. The van der Waals surface area contributed by atoms with Crippen LogP contribution in [0.15, 0.2) is 48.5 Å². The molecule has 1 saturated heterocycles. The minimum absolute atomic E-state index is 0.0577. The van der Waals surface area contributed by atoms with E-state index in [1.807, 2.05) is 35.9 Å². The van der Waals surface area contributed by atoms with Gasteiger partial charge in [-0.2, -0.15) is 10.2 Å². The molecule has 5 rings (SSSR count). The summed E-state index contributed by atoms with van der Waals surface area (Å²) in [6.45, 7) is 8.01.